The van der Waals surface area contributed by atoms with Crippen LogP contribution in [0.4, 0.5) is 17.2 Å². The number of aromatic nitrogens is 3. The number of fused-ring (bicyclic) bond motifs is 1. The Bertz CT molecular complexity index is 1070. The van der Waals surface area contributed by atoms with Crippen LogP contribution in [0.1, 0.15) is 13.8 Å². The average molecular weight is 359 g/mol. The van der Waals surface area contributed by atoms with E-state index in [0.29, 0.717) is 17.2 Å². The van der Waals surface area contributed by atoms with Gasteiger partial charge in [-0.1, -0.05) is 24.3 Å². The summed E-state index contributed by atoms with van der Waals surface area (Å²) in [5.41, 5.74) is 8.37. The topological polar surface area (TPSA) is 80.1 Å². The Morgan fingerprint density at radius 3 is 2.48 bits per heavy atom. The van der Waals surface area contributed by atoms with Gasteiger partial charge in [0.25, 0.3) is 0 Å². The lowest BCUT2D eigenvalue weighted by atomic mass is 10.2. The van der Waals surface area contributed by atoms with Crippen molar-refractivity contribution in [3.05, 3.63) is 67.1 Å². The largest absolute Gasteiger partial charge is 0.453 e. The zero-order chi connectivity index (χ0) is 18.8. The minimum Gasteiger partial charge on any atom is -0.453 e. The monoisotopic (exact) mass is 359 g/mol. The normalized spacial score (nSPS) is 11.1. The zero-order valence-electron chi connectivity index (χ0n) is 15.3. The predicted octanol–water partition coefficient (Wildman–Crippen LogP) is 4.88. The molecule has 0 radical (unpaired) electrons. The molecule has 0 unspecified atom stereocenters. The van der Waals surface area contributed by atoms with Gasteiger partial charge in [-0.3, -0.25) is 0 Å². The number of nitrogens with zero attached hydrogens (tertiary/aromatic N) is 3. The standard InChI is InChI=1S/C21H21N5O/c1-14(2)26(21-15-11-12-23-20(15)24-13-25-21)17-8-4-6-10-19(17)27-18-9-5-3-7-16(18)22/h3-14H,22H2,1-2H3,(H,23,24,25). The first kappa shape index (κ1) is 16.9. The molecule has 6 nitrogen and oxygen atoms in total. The summed E-state index contributed by atoms with van der Waals surface area (Å²) in [6.07, 6.45) is 3.44. The Morgan fingerprint density at radius 1 is 0.963 bits per heavy atom. The molecule has 0 saturated carbocycles. The van der Waals surface area contributed by atoms with Crippen LogP contribution >= 0.6 is 0 Å². The Labute approximate surface area is 157 Å². The summed E-state index contributed by atoms with van der Waals surface area (Å²) in [6.45, 7) is 4.24. The highest BCUT2D eigenvalue weighted by molar-refractivity contribution is 5.90. The first-order valence-corrected chi connectivity index (χ1v) is 8.84. The van der Waals surface area contributed by atoms with Gasteiger partial charge in [0.05, 0.1) is 16.8 Å². The van der Waals surface area contributed by atoms with Gasteiger partial charge in [-0.05, 0) is 44.2 Å². The number of H-pyrrole nitrogens is 1. The molecule has 0 atom stereocenters. The zero-order valence-corrected chi connectivity index (χ0v) is 15.3. The molecule has 0 aliphatic rings. The van der Waals surface area contributed by atoms with E-state index in [-0.39, 0.29) is 6.04 Å². The summed E-state index contributed by atoms with van der Waals surface area (Å²) < 4.78 is 6.17. The number of ether oxygens (including phenoxy) is 1. The van der Waals surface area contributed by atoms with Crippen molar-refractivity contribution in [1.29, 1.82) is 0 Å². The molecule has 0 spiro atoms. The van der Waals surface area contributed by atoms with Gasteiger partial charge in [0, 0.05) is 12.2 Å². The highest BCUT2D eigenvalue weighted by Gasteiger charge is 2.21. The predicted molar refractivity (Wildman–Crippen MR) is 109 cm³/mol. The van der Waals surface area contributed by atoms with Crippen molar-refractivity contribution < 1.29 is 4.74 Å². The summed E-state index contributed by atoms with van der Waals surface area (Å²) in [4.78, 5) is 14.1. The van der Waals surface area contributed by atoms with Crippen molar-refractivity contribution in [3.63, 3.8) is 0 Å². The second kappa shape index (κ2) is 6.99. The Kier molecular flexibility index (Phi) is 4.38. The number of rotatable bonds is 5. The summed E-state index contributed by atoms with van der Waals surface area (Å²) in [5.74, 6) is 2.17. The number of nitrogen functional groups attached to an aromatic ring is 1. The van der Waals surface area contributed by atoms with Crippen molar-refractivity contribution in [2.45, 2.75) is 19.9 Å². The molecule has 3 N–H and O–H groups in total. The van der Waals surface area contributed by atoms with E-state index in [0.717, 1.165) is 22.5 Å². The van der Waals surface area contributed by atoms with Gasteiger partial charge in [-0.2, -0.15) is 0 Å². The highest BCUT2D eigenvalue weighted by Crippen LogP contribution is 2.39. The van der Waals surface area contributed by atoms with Crippen molar-refractivity contribution in [3.8, 4) is 11.5 Å². The van der Waals surface area contributed by atoms with Gasteiger partial charge >= 0.3 is 0 Å². The number of anilines is 3. The van der Waals surface area contributed by atoms with E-state index in [1.54, 1.807) is 6.33 Å². The van der Waals surface area contributed by atoms with Gasteiger partial charge in [-0.25, -0.2) is 9.97 Å². The quantitative estimate of drug-likeness (QED) is 0.497. The third-order valence-electron chi connectivity index (χ3n) is 4.34. The molecule has 0 bridgehead atoms. The number of nitrogens with two attached hydrogens (primary N) is 1. The first-order chi connectivity index (χ1) is 13.1. The van der Waals surface area contributed by atoms with Crippen LogP contribution in [0.3, 0.4) is 0 Å². The van der Waals surface area contributed by atoms with Gasteiger partial charge in [-0.15, -0.1) is 0 Å². The fourth-order valence-electron chi connectivity index (χ4n) is 3.12. The molecule has 2 aromatic heterocycles. The number of para-hydroxylation sites is 4. The maximum Gasteiger partial charge on any atom is 0.151 e. The van der Waals surface area contributed by atoms with Crippen LogP contribution in [0.25, 0.3) is 11.0 Å². The van der Waals surface area contributed by atoms with Crippen LogP contribution in [0.2, 0.25) is 0 Å². The van der Waals surface area contributed by atoms with Gasteiger partial charge in [0.1, 0.15) is 23.5 Å². The van der Waals surface area contributed by atoms with E-state index in [9.17, 15) is 0 Å². The molecule has 6 heteroatoms. The second-order valence-corrected chi connectivity index (χ2v) is 6.51. The minimum atomic E-state index is 0.149. The lowest BCUT2D eigenvalue weighted by Gasteiger charge is -2.30. The van der Waals surface area contributed by atoms with Crippen LogP contribution in [0.15, 0.2) is 67.1 Å². The van der Waals surface area contributed by atoms with Gasteiger partial charge in [0.15, 0.2) is 5.75 Å². The Hall–Kier alpha value is -3.54. The van der Waals surface area contributed by atoms with Crippen molar-refractivity contribution in [2.24, 2.45) is 0 Å². The maximum atomic E-state index is 6.17. The summed E-state index contributed by atoms with van der Waals surface area (Å²) >= 11 is 0. The highest BCUT2D eigenvalue weighted by atomic mass is 16.5. The van der Waals surface area contributed by atoms with Crippen molar-refractivity contribution in [2.75, 3.05) is 10.6 Å². The molecule has 4 aromatic rings. The van der Waals surface area contributed by atoms with Crippen LogP contribution in [-0.2, 0) is 0 Å². The third kappa shape index (κ3) is 3.17. The molecule has 136 valence electrons. The second-order valence-electron chi connectivity index (χ2n) is 6.51. The number of aromatic amines is 1. The summed E-state index contributed by atoms with van der Waals surface area (Å²) in [5, 5.41) is 0.959. The van der Waals surface area contributed by atoms with E-state index >= 15 is 0 Å². The number of hydrogen-bond acceptors (Lipinski definition) is 5. The summed E-state index contributed by atoms with van der Waals surface area (Å²) in [7, 11) is 0. The lowest BCUT2D eigenvalue weighted by molar-refractivity contribution is 0.484. The average Bonchev–Trinajstić information content (AvgIpc) is 3.14. The van der Waals surface area contributed by atoms with Crippen LogP contribution in [0, 0.1) is 0 Å². The van der Waals surface area contributed by atoms with Gasteiger partial charge < -0.3 is 20.4 Å². The van der Waals surface area contributed by atoms with Crippen LogP contribution < -0.4 is 15.4 Å². The van der Waals surface area contributed by atoms with Crippen molar-refractivity contribution >= 4 is 28.2 Å². The van der Waals surface area contributed by atoms with E-state index in [4.69, 9.17) is 10.5 Å². The van der Waals surface area contributed by atoms with E-state index < -0.39 is 0 Å². The molecular weight excluding hydrogens is 338 g/mol. The lowest BCUT2D eigenvalue weighted by Crippen LogP contribution is -2.27. The van der Waals surface area contributed by atoms with Crippen molar-refractivity contribution in [1.82, 2.24) is 15.0 Å². The van der Waals surface area contributed by atoms with Crippen LogP contribution in [-0.4, -0.2) is 21.0 Å². The summed E-state index contributed by atoms with van der Waals surface area (Å²) in [6, 6.07) is 17.5. The number of nitrogens with one attached hydrogen (secondary N) is 1. The maximum absolute atomic E-state index is 6.17. The van der Waals surface area contributed by atoms with E-state index in [1.165, 1.54) is 0 Å². The van der Waals surface area contributed by atoms with Gasteiger partial charge in [0.2, 0.25) is 0 Å². The fraction of sp³-hybridized carbons (Fsp3) is 0.143. The SMILES string of the molecule is CC(C)N(c1ccccc1Oc1ccccc1N)c1ncnc2[nH]ccc12. The minimum absolute atomic E-state index is 0.149. The van der Waals surface area contributed by atoms with Crippen LogP contribution in [0.5, 0.6) is 11.5 Å². The third-order valence-corrected chi connectivity index (χ3v) is 4.34. The molecule has 2 heterocycles. The smallest absolute Gasteiger partial charge is 0.151 e. The molecule has 0 saturated heterocycles. The Morgan fingerprint density at radius 2 is 1.70 bits per heavy atom. The molecule has 0 aliphatic carbocycles. The number of hydrogen-bond donors (Lipinski definition) is 2. The molecule has 0 amide bonds. The molecule has 0 aliphatic heterocycles. The molecule has 27 heavy (non-hydrogen) atoms. The molecule has 2 aromatic carbocycles. The number of benzene rings is 2. The fourth-order valence-corrected chi connectivity index (χ4v) is 3.12. The van der Waals surface area contributed by atoms with E-state index in [2.05, 4.69) is 33.7 Å². The molecule has 0 fully saturated rings. The Balaban J connectivity index is 1.83. The molecule has 4 rings (SSSR count). The van der Waals surface area contributed by atoms with E-state index in [1.807, 2.05) is 60.8 Å². The first-order valence-electron chi connectivity index (χ1n) is 8.84. The molecular formula is C21H21N5O.